The first-order chi connectivity index (χ1) is 9.27. The molecule has 0 saturated carbocycles. The number of hydrogen-bond acceptors (Lipinski definition) is 2. The summed E-state index contributed by atoms with van der Waals surface area (Å²) in [5.41, 5.74) is 9.90. The van der Waals surface area contributed by atoms with Gasteiger partial charge in [-0.1, -0.05) is 48.6 Å². The molecule has 0 saturated heterocycles. The fourth-order valence-corrected chi connectivity index (χ4v) is 2.30. The van der Waals surface area contributed by atoms with E-state index in [2.05, 4.69) is 12.1 Å². The van der Waals surface area contributed by atoms with E-state index in [1.807, 2.05) is 43.3 Å². The molecule has 0 atom stereocenters. The van der Waals surface area contributed by atoms with Crippen LogP contribution in [0.1, 0.15) is 18.1 Å². The summed E-state index contributed by atoms with van der Waals surface area (Å²) in [6, 6.07) is 13.8. The minimum absolute atomic E-state index is 0.303. The highest BCUT2D eigenvalue weighted by atomic mass is 16.3. The second-order valence-electron chi connectivity index (χ2n) is 4.44. The van der Waals surface area contributed by atoms with Crippen molar-refractivity contribution in [2.45, 2.75) is 13.3 Å². The summed E-state index contributed by atoms with van der Waals surface area (Å²) in [5.74, 6) is 0.303. The van der Waals surface area contributed by atoms with Crippen LogP contribution in [0.5, 0.6) is 5.75 Å². The molecule has 0 aliphatic rings. The molecule has 2 rings (SSSR count). The van der Waals surface area contributed by atoms with Gasteiger partial charge in [0.15, 0.2) is 0 Å². The van der Waals surface area contributed by atoms with Crippen molar-refractivity contribution >= 4 is 6.08 Å². The zero-order valence-electron chi connectivity index (χ0n) is 11.1. The number of phenolic OH excluding ortho intramolecular Hbond substituents is 1. The molecule has 3 N–H and O–H groups in total. The van der Waals surface area contributed by atoms with Gasteiger partial charge >= 0.3 is 0 Å². The number of rotatable bonds is 4. The van der Waals surface area contributed by atoms with Crippen LogP contribution >= 0.6 is 0 Å². The summed E-state index contributed by atoms with van der Waals surface area (Å²) in [5, 5.41) is 10.1. The van der Waals surface area contributed by atoms with Crippen molar-refractivity contribution in [2.75, 3.05) is 6.54 Å². The first-order valence-corrected chi connectivity index (χ1v) is 6.51. The Balaban J connectivity index is 2.69. The fraction of sp³-hybridized carbons (Fsp3) is 0.176. The van der Waals surface area contributed by atoms with Crippen LogP contribution in [0.2, 0.25) is 0 Å². The highest BCUT2D eigenvalue weighted by molar-refractivity contribution is 5.81. The van der Waals surface area contributed by atoms with Crippen molar-refractivity contribution < 1.29 is 5.11 Å². The molecular weight excluding hydrogens is 234 g/mol. The number of aromatic hydroxyl groups is 1. The van der Waals surface area contributed by atoms with Gasteiger partial charge < -0.3 is 10.8 Å². The Morgan fingerprint density at radius 1 is 1.11 bits per heavy atom. The molecule has 0 aliphatic carbocycles. The van der Waals surface area contributed by atoms with Gasteiger partial charge in [0.25, 0.3) is 0 Å². The number of allylic oxidation sites excluding steroid dienone is 1. The molecule has 0 bridgehead atoms. The average molecular weight is 253 g/mol. The smallest absolute Gasteiger partial charge is 0.123 e. The summed E-state index contributed by atoms with van der Waals surface area (Å²) in [7, 11) is 0. The third kappa shape index (κ3) is 2.85. The molecule has 0 radical (unpaired) electrons. The van der Waals surface area contributed by atoms with Gasteiger partial charge in [-0.15, -0.1) is 0 Å². The van der Waals surface area contributed by atoms with E-state index in [-0.39, 0.29) is 0 Å². The van der Waals surface area contributed by atoms with Gasteiger partial charge in [0.1, 0.15) is 5.75 Å². The van der Waals surface area contributed by atoms with Crippen molar-refractivity contribution in [2.24, 2.45) is 5.73 Å². The van der Waals surface area contributed by atoms with E-state index in [0.29, 0.717) is 12.3 Å². The second-order valence-corrected chi connectivity index (χ2v) is 4.44. The van der Waals surface area contributed by atoms with Crippen LogP contribution in [0.4, 0.5) is 0 Å². The normalized spacial score (nSPS) is 11.1. The van der Waals surface area contributed by atoms with E-state index in [9.17, 15) is 5.11 Å². The maximum atomic E-state index is 10.1. The van der Waals surface area contributed by atoms with Crippen molar-refractivity contribution in [1.82, 2.24) is 0 Å². The van der Waals surface area contributed by atoms with E-state index in [1.165, 1.54) is 5.56 Å². The molecule has 0 amide bonds. The minimum Gasteiger partial charge on any atom is -0.507 e. The van der Waals surface area contributed by atoms with Gasteiger partial charge in [-0.2, -0.15) is 0 Å². The van der Waals surface area contributed by atoms with E-state index < -0.39 is 0 Å². The first kappa shape index (κ1) is 13.4. The molecule has 98 valence electrons. The summed E-state index contributed by atoms with van der Waals surface area (Å²) in [4.78, 5) is 0. The largest absolute Gasteiger partial charge is 0.507 e. The molecule has 0 fully saturated rings. The van der Waals surface area contributed by atoms with Crippen LogP contribution in [-0.4, -0.2) is 11.7 Å². The molecule has 2 aromatic rings. The summed E-state index contributed by atoms with van der Waals surface area (Å²) >= 11 is 0. The van der Waals surface area contributed by atoms with E-state index in [1.54, 1.807) is 6.07 Å². The van der Waals surface area contributed by atoms with Crippen LogP contribution < -0.4 is 5.73 Å². The number of hydrogen-bond donors (Lipinski definition) is 2. The molecular formula is C17H19NO. The van der Waals surface area contributed by atoms with Crippen LogP contribution in [0, 0.1) is 0 Å². The lowest BCUT2D eigenvalue weighted by Crippen LogP contribution is -2.04. The zero-order valence-corrected chi connectivity index (χ0v) is 11.1. The Labute approximate surface area is 114 Å². The van der Waals surface area contributed by atoms with Crippen LogP contribution in [0.25, 0.3) is 17.2 Å². The Bertz CT molecular complexity index is 573. The maximum absolute atomic E-state index is 10.1. The molecule has 2 nitrogen and oxygen atoms in total. The Morgan fingerprint density at radius 2 is 1.84 bits per heavy atom. The van der Waals surface area contributed by atoms with Crippen molar-refractivity contribution in [3.63, 3.8) is 0 Å². The van der Waals surface area contributed by atoms with Crippen molar-refractivity contribution in [3.05, 3.63) is 59.7 Å². The third-order valence-electron chi connectivity index (χ3n) is 3.12. The van der Waals surface area contributed by atoms with Gasteiger partial charge in [-0.3, -0.25) is 0 Å². The number of nitrogens with two attached hydrogens (primary N) is 1. The standard InChI is InChI=1S/C17H19NO/c1-2-6-15-16(19)10-9-14(11-12-18)17(15)13-7-4-3-5-8-13/h2-10,19H,11-12,18H2,1H3. The van der Waals surface area contributed by atoms with Gasteiger partial charge in [0, 0.05) is 5.56 Å². The molecule has 0 aliphatic heterocycles. The molecule has 19 heavy (non-hydrogen) atoms. The van der Waals surface area contributed by atoms with Crippen LogP contribution in [0.15, 0.2) is 48.5 Å². The molecule has 2 aromatic carbocycles. The predicted octanol–water partition coefficient (Wildman–Crippen LogP) is 3.59. The summed E-state index contributed by atoms with van der Waals surface area (Å²) in [6.45, 7) is 2.55. The highest BCUT2D eigenvalue weighted by Gasteiger charge is 2.12. The minimum atomic E-state index is 0.303. The SMILES string of the molecule is CC=Cc1c(O)ccc(CCN)c1-c1ccccc1. The van der Waals surface area contributed by atoms with Crippen molar-refractivity contribution in [1.29, 1.82) is 0 Å². The van der Waals surface area contributed by atoms with E-state index in [0.717, 1.165) is 23.1 Å². The van der Waals surface area contributed by atoms with E-state index in [4.69, 9.17) is 5.73 Å². The summed E-state index contributed by atoms with van der Waals surface area (Å²) in [6.07, 6.45) is 4.68. The van der Waals surface area contributed by atoms with Gasteiger partial charge in [0.05, 0.1) is 0 Å². The van der Waals surface area contributed by atoms with Gasteiger partial charge in [-0.05, 0) is 42.6 Å². The lowest BCUT2D eigenvalue weighted by Gasteiger charge is -2.14. The van der Waals surface area contributed by atoms with E-state index >= 15 is 0 Å². The first-order valence-electron chi connectivity index (χ1n) is 6.51. The lowest BCUT2D eigenvalue weighted by molar-refractivity contribution is 0.474. The Hall–Kier alpha value is -2.06. The van der Waals surface area contributed by atoms with Gasteiger partial charge in [-0.25, -0.2) is 0 Å². The van der Waals surface area contributed by atoms with Crippen molar-refractivity contribution in [3.8, 4) is 16.9 Å². The lowest BCUT2D eigenvalue weighted by atomic mass is 9.92. The van der Waals surface area contributed by atoms with Crippen LogP contribution in [-0.2, 0) is 6.42 Å². The molecule has 0 heterocycles. The second kappa shape index (κ2) is 6.21. The quantitative estimate of drug-likeness (QED) is 0.874. The monoisotopic (exact) mass is 253 g/mol. The number of benzene rings is 2. The predicted molar refractivity (Wildman–Crippen MR) is 81.0 cm³/mol. The fourth-order valence-electron chi connectivity index (χ4n) is 2.30. The van der Waals surface area contributed by atoms with Gasteiger partial charge in [0.2, 0.25) is 0 Å². The Morgan fingerprint density at radius 3 is 2.47 bits per heavy atom. The summed E-state index contributed by atoms with van der Waals surface area (Å²) < 4.78 is 0. The molecule has 0 spiro atoms. The Kier molecular flexibility index (Phi) is 4.37. The average Bonchev–Trinajstić information content (AvgIpc) is 2.44. The molecule has 0 aromatic heterocycles. The topological polar surface area (TPSA) is 46.2 Å². The maximum Gasteiger partial charge on any atom is 0.123 e. The zero-order chi connectivity index (χ0) is 13.7. The molecule has 0 unspecified atom stereocenters. The highest BCUT2D eigenvalue weighted by Crippen LogP contribution is 2.34. The number of phenols is 1. The third-order valence-corrected chi connectivity index (χ3v) is 3.12. The van der Waals surface area contributed by atoms with Crippen LogP contribution in [0.3, 0.4) is 0 Å². The molecule has 2 heteroatoms.